The highest BCUT2D eigenvalue weighted by Crippen LogP contribution is 2.29. The maximum atomic E-state index is 13.8. The summed E-state index contributed by atoms with van der Waals surface area (Å²) >= 11 is 1.17. The number of Topliss-reactive ketones (excluding diaryl/α,β-unsaturated/α-hetero) is 1. The van der Waals surface area contributed by atoms with Crippen molar-refractivity contribution >= 4 is 17.5 Å². The first-order valence-corrected chi connectivity index (χ1v) is 8.70. The molecule has 1 aromatic heterocycles. The quantitative estimate of drug-likeness (QED) is 0.483. The van der Waals surface area contributed by atoms with Crippen LogP contribution >= 0.6 is 11.8 Å². The van der Waals surface area contributed by atoms with E-state index in [1.54, 1.807) is 25.1 Å². The van der Waals surface area contributed by atoms with Crippen LogP contribution in [0.25, 0.3) is 11.5 Å². The Morgan fingerprint density at radius 1 is 1.12 bits per heavy atom. The number of hydrogen-bond acceptors (Lipinski definition) is 5. The van der Waals surface area contributed by atoms with Crippen LogP contribution in [-0.4, -0.2) is 21.2 Å². The number of benzene rings is 2. The number of halogens is 1. The van der Waals surface area contributed by atoms with Crippen LogP contribution in [0.5, 0.6) is 0 Å². The Hall–Kier alpha value is -2.47. The fourth-order valence-corrected chi connectivity index (χ4v) is 3.10. The minimum absolute atomic E-state index is 0.0151. The van der Waals surface area contributed by atoms with Crippen molar-refractivity contribution in [3.05, 3.63) is 65.0 Å². The second kappa shape index (κ2) is 7.19. The summed E-state index contributed by atoms with van der Waals surface area (Å²) in [7, 11) is 0. The second-order valence-corrected chi connectivity index (χ2v) is 7.07. The van der Waals surface area contributed by atoms with Gasteiger partial charge in [0.1, 0.15) is 5.82 Å². The number of thioether (sulfide) groups is 1. The fourth-order valence-electron chi connectivity index (χ4n) is 2.34. The average Bonchev–Trinajstić information content (AvgIpc) is 3.05. The molecule has 0 amide bonds. The summed E-state index contributed by atoms with van der Waals surface area (Å²) in [6.07, 6.45) is 0. The topological polar surface area (TPSA) is 56.0 Å². The van der Waals surface area contributed by atoms with E-state index in [4.69, 9.17) is 4.42 Å². The monoisotopic (exact) mass is 356 g/mol. The van der Waals surface area contributed by atoms with E-state index in [0.717, 1.165) is 11.1 Å². The molecule has 128 valence electrons. The summed E-state index contributed by atoms with van der Waals surface area (Å²) < 4.78 is 19.3. The number of aromatic nitrogens is 2. The van der Waals surface area contributed by atoms with E-state index >= 15 is 0 Å². The van der Waals surface area contributed by atoms with E-state index < -0.39 is 11.1 Å². The number of aryl methyl sites for hydroxylation is 2. The fraction of sp³-hybridized carbons (Fsp3) is 0.211. The molecule has 4 nitrogen and oxygen atoms in total. The average molecular weight is 356 g/mol. The Kier molecular flexibility index (Phi) is 4.99. The van der Waals surface area contributed by atoms with Crippen molar-refractivity contribution < 1.29 is 13.6 Å². The molecule has 0 saturated carbocycles. The van der Waals surface area contributed by atoms with Gasteiger partial charge in [0.2, 0.25) is 0 Å². The summed E-state index contributed by atoms with van der Waals surface area (Å²) in [4.78, 5) is 12.6. The Bertz CT molecular complexity index is 923. The molecule has 0 radical (unpaired) electrons. The van der Waals surface area contributed by atoms with Crippen LogP contribution in [0.2, 0.25) is 0 Å². The zero-order valence-corrected chi connectivity index (χ0v) is 14.9. The molecule has 0 aliphatic rings. The van der Waals surface area contributed by atoms with Gasteiger partial charge in [-0.15, -0.1) is 10.2 Å². The molecule has 0 bridgehead atoms. The van der Waals surface area contributed by atoms with E-state index in [2.05, 4.69) is 10.2 Å². The van der Waals surface area contributed by atoms with Crippen LogP contribution in [0, 0.1) is 19.7 Å². The lowest BCUT2D eigenvalue weighted by Crippen LogP contribution is -2.13. The highest BCUT2D eigenvalue weighted by molar-refractivity contribution is 8.00. The van der Waals surface area contributed by atoms with Gasteiger partial charge >= 0.3 is 0 Å². The lowest BCUT2D eigenvalue weighted by atomic mass is 10.0. The van der Waals surface area contributed by atoms with Crippen molar-refractivity contribution in [2.24, 2.45) is 0 Å². The standard InChI is InChI=1S/C19H17FN2O2S/c1-11-8-9-14(10-12(11)2)17(23)13(3)25-19-22-21-18(24-19)15-6-4-5-7-16(15)20/h4-10,13H,1-3H3/t13-/m1/s1. The Morgan fingerprint density at radius 3 is 2.60 bits per heavy atom. The molecule has 0 aliphatic carbocycles. The van der Waals surface area contributed by atoms with Crippen LogP contribution < -0.4 is 0 Å². The number of carbonyl (C=O) groups is 1. The van der Waals surface area contributed by atoms with Crippen molar-refractivity contribution in [1.29, 1.82) is 0 Å². The normalized spacial score (nSPS) is 12.2. The molecule has 1 atom stereocenters. The molecule has 0 fully saturated rings. The van der Waals surface area contributed by atoms with Crippen molar-refractivity contribution in [3.63, 3.8) is 0 Å². The van der Waals surface area contributed by atoms with Crippen LogP contribution in [0.1, 0.15) is 28.4 Å². The minimum Gasteiger partial charge on any atom is -0.411 e. The van der Waals surface area contributed by atoms with E-state index in [1.807, 2.05) is 32.0 Å². The molecule has 0 N–H and O–H groups in total. The molecule has 0 unspecified atom stereocenters. The lowest BCUT2D eigenvalue weighted by Gasteiger charge is -2.09. The Morgan fingerprint density at radius 2 is 1.88 bits per heavy atom. The van der Waals surface area contributed by atoms with Crippen molar-refractivity contribution in [2.75, 3.05) is 0 Å². The predicted octanol–water partition coefficient (Wildman–Crippen LogP) is 4.86. The summed E-state index contributed by atoms with van der Waals surface area (Å²) in [5.74, 6) is -0.341. The van der Waals surface area contributed by atoms with Gasteiger partial charge in [-0.25, -0.2) is 4.39 Å². The first-order valence-electron chi connectivity index (χ1n) is 7.82. The highest BCUT2D eigenvalue weighted by atomic mass is 32.2. The van der Waals surface area contributed by atoms with E-state index in [9.17, 15) is 9.18 Å². The zero-order valence-electron chi connectivity index (χ0n) is 14.1. The largest absolute Gasteiger partial charge is 0.411 e. The molecule has 25 heavy (non-hydrogen) atoms. The van der Waals surface area contributed by atoms with Crippen LogP contribution in [0.3, 0.4) is 0 Å². The van der Waals surface area contributed by atoms with Gasteiger partial charge in [0, 0.05) is 5.56 Å². The second-order valence-electron chi connectivity index (χ2n) is 5.78. The number of nitrogens with zero attached hydrogens (tertiary/aromatic N) is 2. The van der Waals surface area contributed by atoms with Gasteiger partial charge in [-0.2, -0.15) is 0 Å². The van der Waals surface area contributed by atoms with Gasteiger partial charge in [-0.1, -0.05) is 36.0 Å². The minimum atomic E-state index is -0.429. The van der Waals surface area contributed by atoms with E-state index in [-0.39, 0.29) is 22.5 Å². The Labute approximate surface area is 149 Å². The summed E-state index contributed by atoms with van der Waals surface area (Å²) in [5.41, 5.74) is 3.11. The van der Waals surface area contributed by atoms with Crippen molar-refractivity contribution in [2.45, 2.75) is 31.2 Å². The van der Waals surface area contributed by atoms with Gasteiger partial charge in [0.15, 0.2) is 5.78 Å². The third-order valence-corrected chi connectivity index (χ3v) is 4.88. The molecule has 0 saturated heterocycles. The third-order valence-electron chi connectivity index (χ3n) is 3.95. The maximum Gasteiger partial charge on any atom is 0.277 e. The van der Waals surface area contributed by atoms with Gasteiger partial charge < -0.3 is 4.42 Å². The summed E-state index contributed by atoms with van der Waals surface area (Å²) in [6, 6.07) is 11.8. The third kappa shape index (κ3) is 3.79. The van der Waals surface area contributed by atoms with E-state index in [0.29, 0.717) is 5.56 Å². The van der Waals surface area contributed by atoms with Crippen LogP contribution in [0.4, 0.5) is 4.39 Å². The van der Waals surface area contributed by atoms with Gasteiger partial charge in [-0.05, 0) is 50.1 Å². The van der Waals surface area contributed by atoms with Gasteiger partial charge in [0.25, 0.3) is 11.1 Å². The molecule has 2 aromatic carbocycles. The molecule has 3 aromatic rings. The zero-order chi connectivity index (χ0) is 18.0. The van der Waals surface area contributed by atoms with Crippen molar-refractivity contribution in [1.82, 2.24) is 10.2 Å². The lowest BCUT2D eigenvalue weighted by molar-refractivity contribution is 0.0993. The van der Waals surface area contributed by atoms with Crippen molar-refractivity contribution in [3.8, 4) is 11.5 Å². The SMILES string of the molecule is Cc1ccc(C(=O)[C@@H](C)Sc2nnc(-c3ccccc3F)o2)cc1C. The first-order chi connectivity index (χ1) is 12.0. The van der Waals surface area contributed by atoms with Crippen LogP contribution in [-0.2, 0) is 0 Å². The molecule has 1 heterocycles. The summed E-state index contributed by atoms with van der Waals surface area (Å²) in [5, 5.41) is 7.62. The molecule has 6 heteroatoms. The van der Waals surface area contributed by atoms with Gasteiger partial charge in [0.05, 0.1) is 10.8 Å². The molecule has 0 aliphatic heterocycles. The number of ketones is 1. The number of hydrogen-bond donors (Lipinski definition) is 0. The van der Waals surface area contributed by atoms with E-state index in [1.165, 1.54) is 17.8 Å². The smallest absolute Gasteiger partial charge is 0.277 e. The Balaban J connectivity index is 1.75. The number of carbonyl (C=O) groups excluding carboxylic acids is 1. The maximum absolute atomic E-state index is 13.8. The molecular formula is C19H17FN2O2S. The van der Waals surface area contributed by atoms with Crippen LogP contribution in [0.15, 0.2) is 52.1 Å². The number of rotatable bonds is 5. The molecular weight excluding hydrogens is 339 g/mol. The molecule has 3 rings (SSSR count). The summed E-state index contributed by atoms with van der Waals surface area (Å²) in [6.45, 7) is 5.77. The predicted molar refractivity (Wildman–Crippen MR) is 95.3 cm³/mol. The molecule has 0 spiro atoms. The highest BCUT2D eigenvalue weighted by Gasteiger charge is 2.21. The van der Waals surface area contributed by atoms with Gasteiger partial charge in [-0.3, -0.25) is 4.79 Å². The first kappa shape index (κ1) is 17.4.